The van der Waals surface area contributed by atoms with Crippen LogP contribution in [0.3, 0.4) is 0 Å². The van der Waals surface area contributed by atoms with Crippen molar-refractivity contribution in [1.82, 2.24) is 4.98 Å². The van der Waals surface area contributed by atoms with Crippen LogP contribution in [0.4, 0.5) is 0 Å². The van der Waals surface area contributed by atoms with E-state index in [9.17, 15) is 9.59 Å². The quantitative estimate of drug-likeness (QED) is 0.386. The lowest BCUT2D eigenvalue weighted by atomic mass is 9.99. The fourth-order valence-electron chi connectivity index (χ4n) is 3.18. The number of carbonyl (C=O) groups is 2. The van der Waals surface area contributed by atoms with Gasteiger partial charge in [0.2, 0.25) is 5.78 Å². The van der Waals surface area contributed by atoms with Gasteiger partial charge in [0, 0.05) is 28.2 Å². The number of benzene rings is 3. The average molecular weight is 369 g/mol. The molecule has 0 fully saturated rings. The van der Waals surface area contributed by atoms with Gasteiger partial charge in [0.25, 0.3) is 0 Å². The van der Waals surface area contributed by atoms with E-state index in [1.54, 1.807) is 30.5 Å². The largest absolute Gasteiger partial charge is 0.445 e. The van der Waals surface area contributed by atoms with Crippen molar-refractivity contribution in [2.24, 2.45) is 0 Å². The monoisotopic (exact) mass is 369 g/mol. The normalized spacial score (nSPS) is 11.9. The minimum Gasteiger partial charge on any atom is -0.445 e. The van der Waals surface area contributed by atoms with Gasteiger partial charge in [-0.05, 0) is 25.1 Å². The highest BCUT2D eigenvalue weighted by atomic mass is 16.5. The number of Topliss-reactive ketones (excluding diaryl/α,β-unsaturated/α-hetero) is 1. The van der Waals surface area contributed by atoms with E-state index in [0.717, 1.165) is 16.5 Å². The van der Waals surface area contributed by atoms with Crippen LogP contribution in [-0.4, -0.2) is 16.7 Å². The maximum absolute atomic E-state index is 13.3. The summed E-state index contributed by atoms with van der Waals surface area (Å²) in [6, 6.07) is 23.7. The number of aryl methyl sites for hydroxylation is 1. The lowest BCUT2D eigenvalue weighted by Gasteiger charge is -2.17. The Hall–Kier alpha value is -3.66. The molecule has 0 aliphatic heterocycles. The van der Waals surface area contributed by atoms with E-state index in [4.69, 9.17) is 4.74 Å². The van der Waals surface area contributed by atoms with Crippen LogP contribution in [0, 0.1) is 6.92 Å². The molecule has 3 aromatic carbocycles. The molecule has 4 aromatic rings. The van der Waals surface area contributed by atoms with Crippen molar-refractivity contribution in [1.29, 1.82) is 0 Å². The van der Waals surface area contributed by atoms with Crippen LogP contribution in [0.5, 0.6) is 0 Å². The molecule has 0 bridgehead atoms. The SMILES string of the molecule is Cc1ccc(C(=O)OC(C(=O)c2c[nH]c3ccccc23)c2ccccc2)cc1. The van der Waals surface area contributed by atoms with Gasteiger partial charge >= 0.3 is 5.97 Å². The molecular weight excluding hydrogens is 350 g/mol. The number of H-pyrrole nitrogens is 1. The molecule has 0 saturated heterocycles. The molecule has 1 aromatic heterocycles. The van der Waals surface area contributed by atoms with E-state index >= 15 is 0 Å². The Labute approximate surface area is 162 Å². The van der Waals surface area contributed by atoms with E-state index in [0.29, 0.717) is 16.7 Å². The molecule has 138 valence electrons. The maximum Gasteiger partial charge on any atom is 0.339 e. The summed E-state index contributed by atoms with van der Waals surface area (Å²) in [6.45, 7) is 1.95. The topological polar surface area (TPSA) is 59.2 Å². The minimum absolute atomic E-state index is 0.260. The Kier molecular flexibility index (Phi) is 4.77. The molecule has 1 heterocycles. The summed E-state index contributed by atoms with van der Waals surface area (Å²) in [4.78, 5) is 29.1. The first-order chi connectivity index (χ1) is 13.6. The van der Waals surface area contributed by atoms with Crippen LogP contribution in [-0.2, 0) is 4.74 Å². The van der Waals surface area contributed by atoms with Gasteiger partial charge in [-0.2, -0.15) is 0 Å². The fourth-order valence-corrected chi connectivity index (χ4v) is 3.18. The highest BCUT2D eigenvalue weighted by Gasteiger charge is 2.28. The summed E-state index contributed by atoms with van der Waals surface area (Å²) in [6.07, 6.45) is 0.650. The zero-order valence-electron chi connectivity index (χ0n) is 15.4. The van der Waals surface area contributed by atoms with Crippen molar-refractivity contribution in [2.45, 2.75) is 13.0 Å². The lowest BCUT2D eigenvalue weighted by molar-refractivity contribution is 0.0280. The highest BCUT2D eigenvalue weighted by molar-refractivity contribution is 6.11. The van der Waals surface area contributed by atoms with Crippen LogP contribution in [0.15, 0.2) is 85.1 Å². The number of esters is 1. The van der Waals surface area contributed by atoms with Crippen molar-refractivity contribution in [3.05, 3.63) is 107 Å². The van der Waals surface area contributed by atoms with E-state index in [1.165, 1.54) is 0 Å². The number of hydrogen-bond donors (Lipinski definition) is 1. The number of carbonyl (C=O) groups excluding carboxylic acids is 2. The van der Waals surface area contributed by atoms with Crippen molar-refractivity contribution in [2.75, 3.05) is 0 Å². The Morgan fingerprint density at radius 2 is 1.54 bits per heavy atom. The molecule has 0 saturated carbocycles. The third-order valence-electron chi connectivity index (χ3n) is 4.71. The summed E-state index contributed by atoms with van der Waals surface area (Å²) >= 11 is 0. The Balaban J connectivity index is 1.70. The number of para-hydroxylation sites is 1. The first-order valence-electron chi connectivity index (χ1n) is 9.06. The van der Waals surface area contributed by atoms with Gasteiger partial charge in [0.1, 0.15) is 0 Å². The van der Waals surface area contributed by atoms with Gasteiger partial charge in [-0.1, -0.05) is 66.2 Å². The summed E-state index contributed by atoms with van der Waals surface area (Å²) < 4.78 is 5.69. The van der Waals surface area contributed by atoms with Gasteiger partial charge in [0.15, 0.2) is 6.10 Å². The summed E-state index contributed by atoms with van der Waals surface area (Å²) in [7, 11) is 0. The summed E-state index contributed by atoms with van der Waals surface area (Å²) in [5.74, 6) is -0.786. The molecule has 4 heteroatoms. The van der Waals surface area contributed by atoms with Crippen molar-refractivity contribution < 1.29 is 14.3 Å². The number of hydrogen-bond acceptors (Lipinski definition) is 3. The molecule has 28 heavy (non-hydrogen) atoms. The summed E-state index contributed by atoms with van der Waals surface area (Å²) in [5, 5.41) is 0.805. The molecule has 0 amide bonds. The van der Waals surface area contributed by atoms with Crippen molar-refractivity contribution >= 4 is 22.7 Å². The second-order valence-electron chi connectivity index (χ2n) is 6.67. The second kappa shape index (κ2) is 7.53. The van der Waals surface area contributed by atoms with Crippen LogP contribution in [0.1, 0.15) is 37.9 Å². The second-order valence-corrected chi connectivity index (χ2v) is 6.67. The predicted molar refractivity (Wildman–Crippen MR) is 108 cm³/mol. The zero-order valence-corrected chi connectivity index (χ0v) is 15.4. The van der Waals surface area contributed by atoms with E-state index in [1.807, 2.05) is 61.5 Å². The van der Waals surface area contributed by atoms with Crippen LogP contribution < -0.4 is 0 Å². The molecule has 0 aliphatic rings. The number of ether oxygens (including phenoxy) is 1. The number of fused-ring (bicyclic) bond motifs is 1. The third kappa shape index (κ3) is 3.45. The van der Waals surface area contributed by atoms with Gasteiger partial charge in [-0.3, -0.25) is 4.79 Å². The standard InChI is InChI=1S/C24H19NO3/c1-16-11-13-18(14-12-16)24(27)28-23(17-7-3-2-4-8-17)22(26)20-15-25-21-10-6-5-9-19(20)21/h2-15,23,25H,1H3. The number of nitrogens with one attached hydrogen (secondary N) is 1. The lowest BCUT2D eigenvalue weighted by Crippen LogP contribution is -2.20. The van der Waals surface area contributed by atoms with Gasteiger partial charge in [-0.25, -0.2) is 4.79 Å². The third-order valence-corrected chi connectivity index (χ3v) is 4.71. The predicted octanol–water partition coefficient (Wildman–Crippen LogP) is 5.26. The van der Waals surface area contributed by atoms with Crippen LogP contribution in [0.25, 0.3) is 10.9 Å². The Morgan fingerprint density at radius 3 is 2.29 bits per heavy atom. The summed E-state index contributed by atoms with van der Waals surface area (Å²) in [5.41, 5.74) is 3.46. The molecule has 1 atom stereocenters. The van der Waals surface area contributed by atoms with Crippen molar-refractivity contribution in [3.63, 3.8) is 0 Å². The molecule has 4 rings (SSSR count). The number of aromatic amines is 1. The molecule has 4 nitrogen and oxygen atoms in total. The van der Waals surface area contributed by atoms with Crippen LogP contribution in [0.2, 0.25) is 0 Å². The van der Waals surface area contributed by atoms with Gasteiger partial charge in [0.05, 0.1) is 5.56 Å². The van der Waals surface area contributed by atoms with Gasteiger partial charge in [-0.15, -0.1) is 0 Å². The van der Waals surface area contributed by atoms with E-state index < -0.39 is 12.1 Å². The maximum atomic E-state index is 13.3. The van der Waals surface area contributed by atoms with Crippen molar-refractivity contribution in [3.8, 4) is 0 Å². The first kappa shape index (κ1) is 17.7. The minimum atomic E-state index is -1.02. The molecule has 1 N–H and O–H groups in total. The molecule has 1 unspecified atom stereocenters. The Morgan fingerprint density at radius 1 is 0.857 bits per heavy atom. The first-order valence-corrected chi connectivity index (χ1v) is 9.06. The highest BCUT2D eigenvalue weighted by Crippen LogP contribution is 2.28. The number of aromatic nitrogens is 1. The van der Waals surface area contributed by atoms with Gasteiger partial charge < -0.3 is 9.72 Å². The van der Waals surface area contributed by atoms with E-state index in [-0.39, 0.29) is 5.78 Å². The molecule has 0 spiro atoms. The van der Waals surface area contributed by atoms with Crippen LogP contribution >= 0.6 is 0 Å². The Bertz CT molecular complexity index is 1130. The number of rotatable bonds is 5. The number of ketones is 1. The molecule has 0 aliphatic carbocycles. The fraction of sp³-hybridized carbons (Fsp3) is 0.0833. The average Bonchev–Trinajstić information content (AvgIpc) is 3.17. The molecular formula is C24H19NO3. The smallest absolute Gasteiger partial charge is 0.339 e. The molecule has 0 radical (unpaired) electrons. The zero-order chi connectivity index (χ0) is 19.5. The van der Waals surface area contributed by atoms with E-state index in [2.05, 4.69) is 4.98 Å².